The Morgan fingerprint density at radius 1 is 0.926 bits per heavy atom. The summed E-state index contributed by atoms with van der Waals surface area (Å²) in [4.78, 5) is 22.1. The lowest BCUT2D eigenvalue weighted by Gasteiger charge is -2.20. The SMILES string of the molecule is CCCCCCCCCCCCC/C=C/[C@@H](O)[C@H](COC(C)=O)NC(C)=O. The van der Waals surface area contributed by atoms with Gasteiger partial charge in [0, 0.05) is 13.8 Å². The third kappa shape index (κ3) is 17.8. The van der Waals surface area contributed by atoms with Crippen molar-refractivity contribution in [3.05, 3.63) is 12.2 Å². The number of carbonyl (C=O) groups excluding carboxylic acids is 2. The Kier molecular flexibility index (Phi) is 17.1. The molecule has 0 rings (SSSR count). The summed E-state index contributed by atoms with van der Waals surface area (Å²) in [6.45, 7) is 4.90. The molecule has 0 heterocycles. The first-order valence-electron chi connectivity index (χ1n) is 10.7. The summed E-state index contributed by atoms with van der Waals surface area (Å²) in [6.07, 6.45) is 18.1. The van der Waals surface area contributed by atoms with Crippen LogP contribution in [0.1, 0.15) is 97.8 Å². The zero-order chi connectivity index (χ0) is 20.3. The molecule has 27 heavy (non-hydrogen) atoms. The molecule has 2 atom stereocenters. The van der Waals surface area contributed by atoms with Crippen LogP contribution in [0.3, 0.4) is 0 Å². The van der Waals surface area contributed by atoms with Crippen LogP contribution in [0, 0.1) is 0 Å². The first kappa shape index (κ1) is 25.6. The van der Waals surface area contributed by atoms with Gasteiger partial charge in [0.05, 0.1) is 12.1 Å². The predicted molar refractivity (Wildman–Crippen MR) is 110 cm³/mol. The molecule has 0 aromatic carbocycles. The third-order valence-electron chi connectivity index (χ3n) is 4.57. The lowest BCUT2D eigenvalue weighted by atomic mass is 10.0. The quantitative estimate of drug-likeness (QED) is 0.217. The molecule has 158 valence electrons. The topological polar surface area (TPSA) is 75.6 Å². The molecule has 5 heteroatoms. The number of allylic oxidation sites excluding steroid dienone is 1. The van der Waals surface area contributed by atoms with Crippen LogP contribution in [-0.4, -0.2) is 35.7 Å². The molecule has 5 nitrogen and oxygen atoms in total. The van der Waals surface area contributed by atoms with Crippen molar-refractivity contribution in [2.45, 2.75) is 110 Å². The van der Waals surface area contributed by atoms with Gasteiger partial charge in [-0.2, -0.15) is 0 Å². The molecule has 2 N–H and O–H groups in total. The molecule has 0 aliphatic carbocycles. The Balaban J connectivity index is 3.74. The van der Waals surface area contributed by atoms with Crippen molar-refractivity contribution >= 4 is 11.9 Å². The average molecular weight is 384 g/mol. The Hall–Kier alpha value is -1.36. The highest BCUT2D eigenvalue weighted by Crippen LogP contribution is 2.12. The number of rotatable bonds is 17. The number of amides is 1. The van der Waals surface area contributed by atoms with E-state index < -0.39 is 18.1 Å². The summed E-state index contributed by atoms with van der Waals surface area (Å²) in [7, 11) is 0. The van der Waals surface area contributed by atoms with Crippen LogP contribution in [0.25, 0.3) is 0 Å². The van der Waals surface area contributed by atoms with Gasteiger partial charge in [0.1, 0.15) is 6.61 Å². The van der Waals surface area contributed by atoms with E-state index in [1.54, 1.807) is 6.08 Å². The molecule has 0 aromatic rings. The fourth-order valence-corrected chi connectivity index (χ4v) is 2.99. The maximum absolute atomic E-state index is 11.2. The van der Waals surface area contributed by atoms with Gasteiger partial charge in [0.25, 0.3) is 0 Å². The first-order valence-corrected chi connectivity index (χ1v) is 10.7. The molecule has 0 saturated heterocycles. The van der Waals surface area contributed by atoms with Crippen molar-refractivity contribution in [3.8, 4) is 0 Å². The van der Waals surface area contributed by atoms with E-state index in [-0.39, 0.29) is 12.5 Å². The largest absolute Gasteiger partial charge is 0.464 e. The van der Waals surface area contributed by atoms with Gasteiger partial charge in [0.2, 0.25) is 5.91 Å². The van der Waals surface area contributed by atoms with E-state index in [4.69, 9.17) is 4.74 Å². The summed E-state index contributed by atoms with van der Waals surface area (Å²) >= 11 is 0. The fourth-order valence-electron chi connectivity index (χ4n) is 2.99. The molecule has 0 fully saturated rings. The number of esters is 1. The minimum atomic E-state index is -0.860. The van der Waals surface area contributed by atoms with Gasteiger partial charge in [-0.05, 0) is 12.8 Å². The van der Waals surface area contributed by atoms with Crippen molar-refractivity contribution in [1.29, 1.82) is 0 Å². The Bertz CT molecular complexity index is 409. The van der Waals surface area contributed by atoms with Crippen molar-refractivity contribution < 1.29 is 19.4 Å². The van der Waals surface area contributed by atoms with Gasteiger partial charge in [-0.15, -0.1) is 0 Å². The second-order valence-corrected chi connectivity index (χ2v) is 7.35. The molecule has 1 amide bonds. The molecule has 0 saturated carbocycles. The smallest absolute Gasteiger partial charge is 0.302 e. The highest BCUT2D eigenvalue weighted by Gasteiger charge is 2.19. The summed E-state index contributed by atoms with van der Waals surface area (Å²) in [5.41, 5.74) is 0. The average Bonchev–Trinajstić information content (AvgIpc) is 2.61. The van der Waals surface area contributed by atoms with Gasteiger partial charge in [-0.1, -0.05) is 83.3 Å². The van der Waals surface area contributed by atoms with E-state index in [2.05, 4.69) is 12.2 Å². The number of hydrogen-bond acceptors (Lipinski definition) is 4. The van der Waals surface area contributed by atoms with Gasteiger partial charge in [-0.3, -0.25) is 9.59 Å². The summed E-state index contributed by atoms with van der Waals surface area (Å²) in [6, 6.07) is -0.611. The number of aliphatic hydroxyl groups is 1. The number of hydrogen-bond donors (Lipinski definition) is 2. The van der Waals surface area contributed by atoms with E-state index in [0.717, 1.165) is 12.8 Å². The molecular weight excluding hydrogens is 342 g/mol. The van der Waals surface area contributed by atoms with Crippen molar-refractivity contribution in [3.63, 3.8) is 0 Å². The van der Waals surface area contributed by atoms with Gasteiger partial charge < -0.3 is 15.2 Å². The van der Waals surface area contributed by atoms with Crippen LogP contribution in [0.4, 0.5) is 0 Å². The molecule has 0 aromatic heterocycles. The Labute approximate surface area is 165 Å². The van der Waals surface area contributed by atoms with Crippen LogP contribution in [0.2, 0.25) is 0 Å². The molecule has 0 bridgehead atoms. The molecule has 0 unspecified atom stereocenters. The summed E-state index contributed by atoms with van der Waals surface area (Å²) in [5.74, 6) is -0.688. The molecule has 0 spiro atoms. The van der Waals surface area contributed by atoms with Crippen molar-refractivity contribution in [2.75, 3.05) is 6.61 Å². The highest BCUT2D eigenvalue weighted by molar-refractivity contribution is 5.73. The molecule has 0 aliphatic heterocycles. The van der Waals surface area contributed by atoms with E-state index >= 15 is 0 Å². The zero-order valence-electron chi connectivity index (χ0n) is 17.7. The number of ether oxygens (including phenoxy) is 1. The number of nitrogens with one attached hydrogen (secondary N) is 1. The van der Waals surface area contributed by atoms with Crippen LogP contribution < -0.4 is 5.32 Å². The van der Waals surface area contributed by atoms with E-state index in [9.17, 15) is 14.7 Å². The predicted octanol–water partition coefficient (Wildman–Crippen LogP) is 4.67. The van der Waals surface area contributed by atoms with E-state index in [1.165, 1.54) is 78.1 Å². The second kappa shape index (κ2) is 18.0. The minimum Gasteiger partial charge on any atom is -0.464 e. The standard InChI is InChI=1S/C22H41NO4/c1-4-5-6-7-8-9-10-11-12-13-14-15-16-17-22(26)21(23-19(2)24)18-27-20(3)25/h16-17,21-22,26H,4-15,18H2,1-3H3,(H,23,24)/b17-16+/t21-,22+/m0/s1. The Morgan fingerprint density at radius 2 is 1.44 bits per heavy atom. The molecular formula is C22H41NO4. The Morgan fingerprint density at radius 3 is 1.93 bits per heavy atom. The van der Waals surface area contributed by atoms with Crippen molar-refractivity contribution in [1.82, 2.24) is 5.32 Å². The highest BCUT2D eigenvalue weighted by atomic mass is 16.5. The first-order chi connectivity index (χ1) is 13.0. The maximum Gasteiger partial charge on any atom is 0.302 e. The van der Waals surface area contributed by atoms with E-state index in [0.29, 0.717) is 0 Å². The van der Waals surface area contributed by atoms with Crippen LogP contribution in [0.15, 0.2) is 12.2 Å². The van der Waals surface area contributed by atoms with Gasteiger partial charge in [0.15, 0.2) is 0 Å². The number of aliphatic hydroxyl groups excluding tert-OH is 1. The van der Waals surface area contributed by atoms with Crippen LogP contribution in [-0.2, 0) is 14.3 Å². The van der Waals surface area contributed by atoms with Gasteiger partial charge >= 0.3 is 5.97 Å². The van der Waals surface area contributed by atoms with Crippen LogP contribution in [0.5, 0.6) is 0 Å². The van der Waals surface area contributed by atoms with Crippen molar-refractivity contribution in [2.24, 2.45) is 0 Å². The monoisotopic (exact) mass is 383 g/mol. The third-order valence-corrected chi connectivity index (χ3v) is 4.57. The normalized spacial score (nSPS) is 13.5. The minimum absolute atomic E-state index is 0.0289. The summed E-state index contributed by atoms with van der Waals surface area (Å²) in [5, 5.41) is 12.8. The van der Waals surface area contributed by atoms with E-state index in [1.807, 2.05) is 6.08 Å². The molecule has 0 radical (unpaired) electrons. The molecule has 0 aliphatic rings. The summed E-state index contributed by atoms with van der Waals surface area (Å²) < 4.78 is 4.90. The lowest BCUT2D eigenvalue weighted by Crippen LogP contribution is -2.45. The second-order valence-electron chi connectivity index (χ2n) is 7.35. The lowest BCUT2D eigenvalue weighted by molar-refractivity contribution is -0.143. The van der Waals surface area contributed by atoms with Gasteiger partial charge in [-0.25, -0.2) is 0 Å². The fraction of sp³-hybridized carbons (Fsp3) is 0.818. The zero-order valence-corrected chi connectivity index (χ0v) is 17.7. The number of unbranched alkanes of at least 4 members (excludes halogenated alkanes) is 11. The maximum atomic E-state index is 11.2. The van der Waals surface area contributed by atoms with Crippen LogP contribution >= 0.6 is 0 Å². The number of carbonyl (C=O) groups is 2.